The van der Waals surface area contributed by atoms with Crippen LogP contribution in [0.3, 0.4) is 0 Å². The van der Waals surface area contributed by atoms with E-state index >= 15 is 0 Å². The smallest absolute Gasteiger partial charge is 0.307 e. The van der Waals surface area contributed by atoms with Gasteiger partial charge < -0.3 is 10.4 Å². The van der Waals surface area contributed by atoms with E-state index in [-0.39, 0.29) is 16.9 Å². The molecule has 0 aromatic rings. The lowest BCUT2D eigenvalue weighted by molar-refractivity contribution is -0.147. The quantitative estimate of drug-likeness (QED) is 0.778. The second-order valence-electron chi connectivity index (χ2n) is 7.60. The van der Waals surface area contributed by atoms with Gasteiger partial charge in [-0.25, -0.2) is 0 Å². The van der Waals surface area contributed by atoms with Gasteiger partial charge in [-0.05, 0) is 38.5 Å². The minimum Gasteiger partial charge on any atom is -0.481 e. The maximum atomic E-state index is 12.4. The average molecular weight is 281 g/mol. The molecule has 4 heteroatoms. The van der Waals surface area contributed by atoms with Crippen molar-refractivity contribution >= 4 is 11.9 Å². The number of nitrogens with one attached hydrogen (secondary N) is 1. The van der Waals surface area contributed by atoms with Crippen LogP contribution in [0.15, 0.2) is 12.2 Å². The Bertz CT molecular complexity index is 404. The van der Waals surface area contributed by atoms with Crippen LogP contribution in [0, 0.1) is 17.3 Å². The van der Waals surface area contributed by atoms with E-state index in [1.165, 1.54) is 0 Å². The number of hydrogen-bond donors (Lipinski definition) is 2. The van der Waals surface area contributed by atoms with E-state index in [1.807, 2.05) is 26.0 Å². The predicted molar refractivity (Wildman–Crippen MR) is 79.3 cm³/mol. The summed E-state index contributed by atoms with van der Waals surface area (Å²) in [7, 11) is 0. The van der Waals surface area contributed by atoms with Crippen molar-refractivity contribution in [3.8, 4) is 0 Å². The van der Waals surface area contributed by atoms with Crippen molar-refractivity contribution < 1.29 is 14.7 Å². The summed E-state index contributed by atoms with van der Waals surface area (Å²) in [6, 6.07) is 0. The molecule has 1 rings (SSSR count). The highest BCUT2D eigenvalue weighted by Crippen LogP contribution is 2.30. The highest BCUT2D eigenvalue weighted by Gasteiger charge is 2.36. The summed E-state index contributed by atoms with van der Waals surface area (Å²) in [5, 5.41) is 12.3. The fourth-order valence-electron chi connectivity index (χ4n) is 3.17. The minimum absolute atomic E-state index is 0.107. The van der Waals surface area contributed by atoms with Crippen LogP contribution in [0.25, 0.3) is 0 Å². The number of aliphatic carboxylic acids is 1. The summed E-state index contributed by atoms with van der Waals surface area (Å²) < 4.78 is 0. The van der Waals surface area contributed by atoms with Gasteiger partial charge in [-0.1, -0.05) is 32.9 Å². The van der Waals surface area contributed by atoms with Crippen LogP contribution in [0.4, 0.5) is 0 Å². The molecule has 20 heavy (non-hydrogen) atoms. The average Bonchev–Trinajstić information content (AvgIpc) is 2.24. The Morgan fingerprint density at radius 1 is 1.10 bits per heavy atom. The Hall–Kier alpha value is -1.32. The first-order valence-electron chi connectivity index (χ1n) is 7.22. The Kier molecular flexibility index (Phi) is 5.00. The van der Waals surface area contributed by atoms with Gasteiger partial charge in [-0.3, -0.25) is 9.59 Å². The van der Waals surface area contributed by atoms with Crippen molar-refractivity contribution in [3.05, 3.63) is 12.2 Å². The molecule has 1 aliphatic rings. The molecule has 0 saturated carbocycles. The zero-order valence-corrected chi connectivity index (χ0v) is 13.2. The Morgan fingerprint density at radius 2 is 1.60 bits per heavy atom. The van der Waals surface area contributed by atoms with E-state index < -0.39 is 17.8 Å². The molecule has 1 amide bonds. The van der Waals surface area contributed by atoms with Crippen molar-refractivity contribution in [3.63, 3.8) is 0 Å². The second-order valence-corrected chi connectivity index (χ2v) is 7.60. The van der Waals surface area contributed by atoms with E-state index in [0.29, 0.717) is 12.8 Å². The van der Waals surface area contributed by atoms with Crippen molar-refractivity contribution in [2.75, 3.05) is 0 Å². The number of allylic oxidation sites excluding steroid dienone is 2. The summed E-state index contributed by atoms with van der Waals surface area (Å²) >= 11 is 0. The van der Waals surface area contributed by atoms with E-state index in [9.17, 15) is 14.7 Å². The molecule has 0 radical (unpaired) electrons. The van der Waals surface area contributed by atoms with Crippen molar-refractivity contribution in [1.29, 1.82) is 0 Å². The normalized spacial score (nSPS) is 23.4. The molecule has 0 saturated heterocycles. The lowest BCUT2D eigenvalue weighted by atomic mass is 9.79. The molecular formula is C16H27NO3. The van der Waals surface area contributed by atoms with Crippen LogP contribution in [0.2, 0.25) is 0 Å². The first-order valence-corrected chi connectivity index (χ1v) is 7.22. The van der Waals surface area contributed by atoms with Gasteiger partial charge in [-0.2, -0.15) is 0 Å². The molecule has 1 aliphatic carbocycles. The van der Waals surface area contributed by atoms with Gasteiger partial charge in [-0.15, -0.1) is 0 Å². The minimum atomic E-state index is -0.886. The molecule has 2 atom stereocenters. The van der Waals surface area contributed by atoms with Crippen LogP contribution < -0.4 is 5.32 Å². The lowest BCUT2D eigenvalue weighted by Gasteiger charge is -2.35. The standard InChI is InChI=1S/C16H27NO3/c1-15(2,3)10-16(4,5)17-13(18)11-8-6-7-9-12(11)14(19)20/h6-7,11-12H,8-10H2,1-5H3,(H,17,18)(H,19,20). The molecule has 2 N–H and O–H groups in total. The topological polar surface area (TPSA) is 66.4 Å². The van der Waals surface area contributed by atoms with Gasteiger partial charge >= 0.3 is 5.97 Å². The summed E-state index contributed by atoms with van der Waals surface area (Å²) in [6.45, 7) is 10.4. The van der Waals surface area contributed by atoms with Crippen LogP contribution >= 0.6 is 0 Å². The molecule has 0 fully saturated rings. The predicted octanol–water partition coefficient (Wildman–Crippen LogP) is 2.98. The zero-order chi connectivity index (χ0) is 15.6. The van der Waals surface area contributed by atoms with Gasteiger partial charge in [0.25, 0.3) is 0 Å². The van der Waals surface area contributed by atoms with Gasteiger partial charge in [0.2, 0.25) is 5.91 Å². The van der Waals surface area contributed by atoms with E-state index in [1.54, 1.807) is 0 Å². The molecule has 0 aromatic carbocycles. The van der Waals surface area contributed by atoms with Crippen LogP contribution in [0.5, 0.6) is 0 Å². The third-order valence-corrected chi connectivity index (χ3v) is 3.52. The first kappa shape index (κ1) is 16.7. The Morgan fingerprint density at radius 3 is 2.05 bits per heavy atom. The second kappa shape index (κ2) is 5.98. The fraction of sp³-hybridized carbons (Fsp3) is 0.750. The molecule has 0 heterocycles. The van der Waals surface area contributed by atoms with Crippen LogP contribution in [-0.2, 0) is 9.59 Å². The molecule has 4 nitrogen and oxygen atoms in total. The number of amides is 1. The summed E-state index contributed by atoms with van der Waals surface area (Å²) in [5.74, 6) is -2.10. The maximum Gasteiger partial charge on any atom is 0.307 e. The highest BCUT2D eigenvalue weighted by molar-refractivity contribution is 5.85. The van der Waals surface area contributed by atoms with E-state index in [0.717, 1.165) is 6.42 Å². The monoisotopic (exact) mass is 281 g/mol. The number of carboxylic acids is 1. The van der Waals surface area contributed by atoms with Crippen molar-refractivity contribution in [2.45, 2.75) is 59.4 Å². The molecule has 0 bridgehead atoms. The maximum absolute atomic E-state index is 12.4. The van der Waals surface area contributed by atoms with E-state index in [4.69, 9.17) is 0 Å². The van der Waals surface area contributed by atoms with Gasteiger partial charge in [0.1, 0.15) is 0 Å². The zero-order valence-electron chi connectivity index (χ0n) is 13.2. The highest BCUT2D eigenvalue weighted by atomic mass is 16.4. The number of carbonyl (C=O) groups is 2. The van der Waals surface area contributed by atoms with Gasteiger partial charge in [0.15, 0.2) is 0 Å². The number of rotatable bonds is 4. The van der Waals surface area contributed by atoms with Crippen LogP contribution in [-0.4, -0.2) is 22.5 Å². The summed E-state index contributed by atoms with van der Waals surface area (Å²) in [5.41, 5.74) is -0.227. The SMILES string of the molecule is CC(C)(C)CC(C)(C)NC(=O)C1CC=CCC1C(=O)O. The third-order valence-electron chi connectivity index (χ3n) is 3.52. The first-order chi connectivity index (χ1) is 9.02. The van der Waals surface area contributed by atoms with Gasteiger partial charge in [0, 0.05) is 5.54 Å². The summed E-state index contributed by atoms with van der Waals surface area (Å²) in [6.07, 6.45) is 5.54. The lowest BCUT2D eigenvalue weighted by Crippen LogP contribution is -2.50. The number of carbonyl (C=O) groups excluding carboxylic acids is 1. The van der Waals surface area contributed by atoms with E-state index in [2.05, 4.69) is 26.1 Å². The van der Waals surface area contributed by atoms with Crippen LogP contribution in [0.1, 0.15) is 53.9 Å². The van der Waals surface area contributed by atoms with Gasteiger partial charge in [0.05, 0.1) is 11.8 Å². The Balaban J connectivity index is 2.74. The molecule has 114 valence electrons. The molecular weight excluding hydrogens is 254 g/mol. The molecule has 0 spiro atoms. The van der Waals surface area contributed by atoms with Crippen molar-refractivity contribution in [1.82, 2.24) is 5.32 Å². The fourth-order valence-corrected chi connectivity index (χ4v) is 3.17. The largest absolute Gasteiger partial charge is 0.481 e. The molecule has 0 aromatic heterocycles. The molecule has 2 unspecified atom stereocenters. The third kappa shape index (κ3) is 4.99. The number of hydrogen-bond acceptors (Lipinski definition) is 2. The molecule has 0 aliphatic heterocycles. The Labute approximate surface area is 121 Å². The number of carboxylic acid groups (broad SMARTS) is 1. The summed E-state index contributed by atoms with van der Waals surface area (Å²) in [4.78, 5) is 23.7. The van der Waals surface area contributed by atoms with Crippen molar-refractivity contribution in [2.24, 2.45) is 17.3 Å².